The molecule has 14 heavy (non-hydrogen) atoms. The summed E-state index contributed by atoms with van der Waals surface area (Å²) in [5.41, 5.74) is 6.88. The molecule has 0 saturated carbocycles. The van der Waals surface area contributed by atoms with Crippen LogP contribution in [0.4, 0.5) is 10.3 Å². The first-order valence-corrected chi connectivity index (χ1v) is 5.17. The first-order valence-electron chi connectivity index (χ1n) is 3.48. The van der Waals surface area contributed by atoms with E-state index >= 15 is 0 Å². The van der Waals surface area contributed by atoms with Gasteiger partial charge >= 0.3 is 0 Å². The van der Waals surface area contributed by atoms with Crippen LogP contribution in [-0.2, 0) is 0 Å². The summed E-state index contributed by atoms with van der Waals surface area (Å²) in [6.07, 6.45) is 1.03. The molecule has 2 heterocycles. The van der Waals surface area contributed by atoms with E-state index in [0.717, 1.165) is 18.0 Å². The standard InChI is InChI=1S/C6H4FN5S2/c7-3-1-9-5(8)11-4(3)14-6-12-10-2-13-6/h1-2H,(H2,8,9,11). The van der Waals surface area contributed by atoms with Gasteiger partial charge in [0.05, 0.1) is 6.20 Å². The summed E-state index contributed by atoms with van der Waals surface area (Å²) in [4.78, 5) is 7.26. The van der Waals surface area contributed by atoms with E-state index in [1.807, 2.05) is 0 Å². The molecule has 0 amide bonds. The van der Waals surface area contributed by atoms with Crippen LogP contribution in [0.3, 0.4) is 0 Å². The van der Waals surface area contributed by atoms with E-state index in [1.165, 1.54) is 11.3 Å². The van der Waals surface area contributed by atoms with Gasteiger partial charge in [0, 0.05) is 0 Å². The van der Waals surface area contributed by atoms with Gasteiger partial charge in [0.2, 0.25) is 5.95 Å². The van der Waals surface area contributed by atoms with E-state index < -0.39 is 5.82 Å². The number of halogens is 1. The second-order valence-corrected chi connectivity index (χ2v) is 4.26. The highest BCUT2D eigenvalue weighted by Gasteiger charge is 2.09. The highest BCUT2D eigenvalue weighted by molar-refractivity contribution is 8.00. The highest BCUT2D eigenvalue weighted by atomic mass is 32.2. The molecule has 0 bridgehead atoms. The van der Waals surface area contributed by atoms with Crippen LogP contribution in [0.2, 0.25) is 0 Å². The largest absolute Gasteiger partial charge is 0.368 e. The molecule has 0 aliphatic heterocycles. The highest BCUT2D eigenvalue weighted by Crippen LogP contribution is 2.28. The molecule has 0 aliphatic rings. The molecule has 2 aromatic heterocycles. The quantitative estimate of drug-likeness (QED) is 0.780. The number of nitrogens with zero attached hydrogens (tertiary/aromatic N) is 4. The predicted octanol–water partition coefficient (Wildman–Crippen LogP) is 1.20. The van der Waals surface area contributed by atoms with Crippen LogP contribution in [0.25, 0.3) is 0 Å². The maximum Gasteiger partial charge on any atom is 0.221 e. The summed E-state index contributed by atoms with van der Waals surface area (Å²) in [7, 11) is 0. The predicted molar refractivity (Wildman–Crippen MR) is 50.4 cm³/mol. The Labute approximate surface area is 86.6 Å². The molecule has 2 aromatic rings. The van der Waals surface area contributed by atoms with Crippen molar-refractivity contribution in [3.63, 3.8) is 0 Å². The lowest BCUT2D eigenvalue weighted by Crippen LogP contribution is -1.97. The van der Waals surface area contributed by atoms with Gasteiger partial charge in [-0.15, -0.1) is 10.2 Å². The van der Waals surface area contributed by atoms with E-state index in [-0.39, 0.29) is 11.0 Å². The van der Waals surface area contributed by atoms with Crippen molar-refractivity contribution >= 4 is 29.0 Å². The monoisotopic (exact) mass is 229 g/mol. The van der Waals surface area contributed by atoms with E-state index in [4.69, 9.17) is 5.73 Å². The molecule has 72 valence electrons. The van der Waals surface area contributed by atoms with Crippen molar-refractivity contribution in [2.24, 2.45) is 0 Å². The lowest BCUT2D eigenvalue weighted by atomic mass is 10.6. The number of nitrogen functional groups attached to an aromatic ring is 1. The molecule has 8 heteroatoms. The molecule has 0 radical (unpaired) electrons. The minimum absolute atomic E-state index is 0.0402. The molecule has 0 fully saturated rings. The van der Waals surface area contributed by atoms with Crippen molar-refractivity contribution < 1.29 is 4.39 Å². The van der Waals surface area contributed by atoms with Crippen molar-refractivity contribution in [3.05, 3.63) is 17.5 Å². The SMILES string of the molecule is Nc1ncc(F)c(Sc2nncs2)n1. The van der Waals surface area contributed by atoms with Crippen molar-refractivity contribution in [2.75, 3.05) is 5.73 Å². The van der Waals surface area contributed by atoms with E-state index in [1.54, 1.807) is 5.51 Å². The summed E-state index contributed by atoms with van der Waals surface area (Å²) in [5.74, 6) is -0.474. The lowest BCUT2D eigenvalue weighted by molar-refractivity contribution is 0.580. The smallest absolute Gasteiger partial charge is 0.221 e. The second kappa shape index (κ2) is 3.84. The lowest BCUT2D eigenvalue weighted by Gasteiger charge is -1.98. The number of anilines is 1. The average Bonchev–Trinajstić information content (AvgIpc) is 2.64. The molecule has 0 saturated heterocycles. The van der Waals surface area contributed by atoms with Crippen LogP contribution in [0, 0.1) is 5.82 Å². The summed E-state index contributed by atoms with van der Waals surface area (Å²) in [6.45, 7) is 0. The first kappa shape index (κ1) is 9.28. The number of nitrogens with two attached hydrogens (primary N) is 1. The zero-order valence-corrected chi connectivity index (χ0v) is 8.35. The van der Waals surface area contributed by atoms with Crippen LogP contribution in [-0.4, -0.2) is 20.2 Å². The maximum absolute atomic E-state index is 13.1. The molecule has 0 aliphatic carbocycles. The van der Waals surface area contributed by atoms with Gasteiger partial charge < -0.3 is 5.73 Å². The number of rotatable bonds is 2. The molecule has 2 rings (SSSR count). The molecule has 0 spiro atoms. The zero-order valence-electron chi connectivity index (χ0n) is 6.72. The van der Waals surface area contributed by atoms with Gasteiger partial charge in [-0.1, -0.05) is 11.3 Å². The third kappa shape index (κ3) is 1.96. The van der Waals surface area contributed by atoms with Crippen molar-refractivity contribution in [1.29, 1.82) is 0 Å². The Hall–Kier alpha value is -1.28. The summed E-state index contributed by atoms with van der Waals surface area (Å²) < 4.78 is 13.7. The third-order valence-electron chi connectivity index (χ3n) is 1.25. The Kier molecular flexibility index (Phi) is 2.55. The molecule has 5 nitrogen and oxygen atoms in total. The second-order valence-electron chi connectivity index (χ2n) is 2.19. The summed E-state index contributed by atoms with van der Waals surface area (Å²) >= 11 is 2.38. The molecular formula is C6H4FN5S2. The van der Waals surface area contributed by atoms with Gasteiger partial charge in [-0.05, 0) is 11.8 Å². The Morgan fingerprint density at radius 1 is 1.50 bits per heavy atom. The fourth-order valence-corrected chi connectivity index (χ4v) is 2.11. The molecule has 0 unspecified atom stereocenters. The average molecular weight is 229 g/mol. The van der Waals surface area contributed by atoms with E-state index in [9.17, 15) is 4.39 Å². The van der Waals surface area contributed by atoms with Gasteiger partial charge in [-0.25, -0.2) is 14.4 Å². The van der Waals surface area contributed by atoms with E-state index in [0.29, 0.717) is 4.34 Å². The van der Waals surface area contributed by atoms with Crippen molar-refractivity contribution in [2.45, 2.75) is 9.37 Å². The van der Waals surface area contributed by atoms with Crippen LogP contribution in [0.5, 0.6) is 0 Å². The molecular weight excluding hydrogens is 225 g/mol. The first-order chi connectivity index (χ1) is 6.75. The summed E-state index contributed by atoms with van der Waals surface area (Å²) in [6, 6.07) is 0. The zero-order chi connectivity index (χ0) is 9.97. The Morgan fingerprint density at radius 2 is 2.36 bits per heavy atom. The van der Waals surface area contributed by atoms with Gasteiger partial charge in [0.25, 0.3) is 0 Å². The normalized spacial score (nSPS) is 10.4. The maximum atomic E-state index is 13.1. The fourth-order valence-electron chi connectivity index (χ4n) is 0.726. The Bertz CT molecular complexity index is 432. The number of hydrogen-bond acceptors (Lipinski definition) is 7. The topological polar surface area (TPSA) is 77.6 Å². The van der Waals surface area contributed by atoms with Crippen LogP contribution in [0.15, 0.2) is 21.1 Å². The van der Waals surface area contributed by atoms with Gasteiger partial charge in [0.15, 0.2) is 10.2 Å². The molecule has 0 atom stereocenters. The van der Waals surface area contributed by atoms with Crippen LogP contribution < -0.4 is 5.73 Å². The number of hydrogen-bond donors (Lipinski definition) is 1. The third-order valence-corrected chi connectivity index (χ3v) is 3.01. The van der Waals surface area contributed by atoms with Crippen LogP contribution >= 0.6 is 23.1 Å². The number of aromatic nitrogens is 4. The minimum atomic E-state index is -0.514. The Balaban J connectivity index is 2.28. The van der Waals surface area contributed by atoms with Crippen LogP contribution in [0.1, 0.15) is 0 Å². The van der Waals surface area contributed by atoms with E-state index in [2.05, 4.69) is 20.2 Å². The fraction of sp³-hybridized carbons (Fsp3) is 0. The Morgan fingerprint density at radius 3 is 3.07 bits per heavy atom. The van der Waals surface area contributed by atoms with Crippen molar-refractivity contribution in [3.8, 4) is 0 Å². The summed E-state index contributed by atoms with van der Waals surface area (Å²) in [5, 5.41) is 7.53. The van der Waals surface area contributed by atoms with Gasteiger partial charge in [-0.3, -0.25) is 0 Å². The molecule has 2 N–H and O–H groups in total. The van der Waals surface area contributed by atoms with Gasteiger partial charge in [-0.2, -0.15) is 0 Å². The molecule has 0 aromatic carbocycles. The minimum Gasteiger partial charge on any atom is -0.368 e. The van der Waals surface area contributed by atoms with Gasteiger partial charge in [0.1, 0.15) is 10.5 Å². The van der Waals surface area contributed by atoms with Crippen molar-refractivity contribution in [1.82, 2.24) is 20.2 Å².